The molecule has 0 spiro atoms. The van der Waals surface area contributed by atoms with Crippen LogP contribution in [0.2, 0.25) is 0 Å². The monoisotopic (exact) mass is 435 g/mol. The van der Waals surface area contributed by atoms with Gasteiger partial charge in [0.2, 0.25) is 5.91 Å². The zero-order valence-electron chi connectivity index (χ0n) is 18.6. The molecule has 4 heterocycles. The Hall–Kier alpha value is -3.13. The van der Waals surface area contributed by atoms with Crippen molar-refractivity contribution in [2.24, 2.45) is 11.8 Å². The fraction of sp³-hybridized carbons (Fsp3) is 0.458. The average Bonchev–Trinajstić information content (AvgIpc) is 3.37. The minimum Gasteiger partial charge on any atom is -0.381 e. The van der Waals surface area contributed by atoms with Gasteiger partial charge in [0.15, 0.2) is 0 Å². The van der Waals surface area contributed by atoms with Crippen molar-refractivity contribution in [1.29, 1.82) is 5.41 Å². The quantitative estimate of drug-likeness (QED) is 0.678. The van der Waals surface area contributed by atoms with Gasteiger partial charge in [0.1, 0.15) is 11.5 Å². The van der Waals surface area contributed by atoms with Crippen LogP contribution in [0, 0.1) is 17.2 Å². The van der Waals surface area contributed by atoms with Crippen molar-refractivity contribution in [3.63, 3.8) is 0 Å². The normalized spacial score (nSPS) is 18.7. The number of anilines is 1. The molecule has 32 heavy (non-hydrogen) atoms. The first-order valence-corrected chi connectivity index (χ1v) is 11.2. The van der Waals surface area contributed by atoms with Gasteiger partial charge in [-0.1, -0.05) is 19.9 Å². The Morgan fingerprint density at radius 3 is 2.91 bits per heavy atom. The van der Waals surface area contributed by atoms with E-state index in [4.69, 9.17) is 10.1 Å². The molecule has 2 amide bonds. The molecule has 1 fully saturated rings. The summed E-state index contributed by atoms with van der Waals surface area (Å²) < 4.78 is 5.36. The number of hydrogen-bond acceptors (Lipinski definition) is 6. The second-order valence-corrected chi connectivity index (χ2v) is 8.49. The maximum atomic E-state index is 12.8. The predicted octanol–water partition coefficient (Wildman–Crippen LogP) is 3.06. The van der Waals surface area contributed by atoms with Gasteiger partial charge in [0.05, 0.1) is 23.9 Å². The van der Waals surface area contributed by atoms with Gasteiger partial charge in [-0.3, -0.25) is 14.6 Å². The third-order valence-electron chi connectivity index (χ3n) is 6.29. The highest BCUT2D eigenvalue weighted by Gasteiger charge is 2.30. The van der Waals surface area contributed by atoms with E-state index in [1.165, 1.54) is 0 Å². The second kappa shape index (κ2) is 9.56. The van der Waals surface area contributed by atoms with Crippen molar-refractivity contribution >= 4 is 23.3 Å². The molecule has 0 aromatic carbocycles. The van der Waals surface area contributed by atoms with Crippen molar-refractivity contribution in [2.45, 2.75) is 39.7 Å². The highest BCUT2D eigenvalue weighted by molar-refractivity contribution is 6.03. The number of rotatable bonds is 6. The first-order chi connectivity index (χ1) is 15.5. The maximum absolute atomic E-state index is 12.8. The van der Waals surface area contributed by atoms with Crippen LogP contribution in [-0.2, 0) is 22.5 Å². The average molecular weight is 436 g/mol. The van der Waals surface area contributed by atoms with Crippen LogP contribution in [0.3, 0.4) is 0 Å². The van der Waals surface area contributed by atoms with Gasteiger partial charge in [-0.25, -0.2) is 4.98 Å². The fourth-order valence-corrected chi connectivity index (χ4v) is 4.03. The zero-order valence-corrected chi connectivity index (χ0v) is 18.6. The SMILES string of the molecule is CCC(C)C(=N)c1cccc(NC(=O)c2cc3c(cn2)CCN(C(=O)C2CCOC2)C3)n1. The van der Waals surface area contributed by atoms with Gasteiger partial charge in [0.25, 0.3) is 5.91 Å². The summed E-state index contributed by atoms with van der Waals surface area (Å²) in [5.74, 6) is 0.185. The highest BCUT2D eigenvalue weighted by Crippen LogP contribution is 2.23. The van der Waals surface area contributed by atoms with Gasteiger partial charge >= 0.3 is 0 Å². The summed E-state index contributed by atoms with van der Waals surface area (Å²) >= 11 is 0. The van der Waals surface area contributed by atoms with Crippen molar-refractivity contribution < 1.29 is 14.3 Å². The van der Waals surface area contributed by atoms with E-state index in [-0.39, 0.29) is 29.3 Å². The van der Waals surface area contributed by atoms with Gasteiger partial charge in [-0.15, -0.1) is 0 Å². The summed E-state index contributed by atoms with van der Waals surface area (Å²) in [6.45, 7) is 6.29. The van der Waals surface area contributed by atoms with Gasteiger partial charge < -0.3 is 20.4 Å². The largest absolute Gasteiger partial charge is 0.381 e. The molecule has 8 heteroatoms. The van der Waals surface area contributed by atoms with Crippen LogP contribution in [-0.4, -0.2) is 52.2 Å². The minimum atomic E-state index is -0.361. The van der Waals surface area contributed by atoms with Crippen molar-refractivity contribution in [1.82, 2.24) is 14.9 Å². The molecule has 2 aliphatic rings. The Morgan fingerprint density at radius 1 is 1.31 bits per heavy atom. The van der Waals surface area contributed by atoms with Gasteiger partial charge in [-0.05, 0) is 54.5 Å². The number of nitrogens with zero attached hydrogens (tertiary/aromatic N) is 3. The molecule has 8 nitrogen and oxygen atoms in total. The predicted molar refractivity (Wildman–Crippen MR) is 121 cm³/mol. The molecule has 2 unspecified atom stereocenters. The molecule has 0 aliphatic carbocycles. The Morgan fingerprint density at radius 2 is 2.16 bits per heavy atom. The van der Waals surface area contributed by atoms with Crippen molar-refractivity contribution in [3.05, 3.63) is 53.0 Å². The molecule has 2 aliphatic heterocycles. The standard InChI is InChI=1S/C24H29N5O3/c1-3-15(2)22(25)19-5-4-6-21(27-19)28-23(30)20-11-18-13-29(9-7-16(18)12-26-20)24(31)17-8-10-32-14-17/h4-6,11-12,15,17,25H,3,7-10,13-14H2,1-2H3,(H,27,28,30). The molecular formula is C24H29N5O3. The highest BCUT2D eigenvalue weighted by atomic mass is 16.5. The lowest BCUT2D eigenvalue weighted by Crippen LogP contribution is -2.40. The van der Waals surface area contributed by atoms with Crippen LogP contribution in [0.4, 0.5) is 5.82 Å². The molecule has 1 saturated heterocycles. The van der Waals surface area contributed by atoms with E-state index in [0.29, 0.717) is 43.5 Å². The van der Waals surface area contributed by atoms with Gasteiger partial charge in [-0.2, -0.15) is 0 Å². The van der Waals surface area contributed by atoms with Crippen molar-refractivity contribution in [2.75, 3.05) is 25.1 Å². The third-order valence-corrected chi connectivity index (χ3v) is 6.29. The van der Waals surface area contributed by atoms with E-state index in [1.807, 2.05) is 18.7 Å². The van der Waals surface area contributed by atoms with E-state index in [1.54, 1.807) is 30.5 Å². The summed E-state index contributed by atoms with van der Waals surface area (Å²) in [5, 5.41) is 11.1. The number of aromatic nitrogens is 2. The van der Waals surface area contributed by atoms with Crippen LogP contribution in [0.25, 0.3) is 0 Å². The van der Waals surface area contributed by atoms with Crippen LogP contribution in [0.15, 0.2) is 30.5 Å². The summed E-state index contributed by atoms with van der Waals surface area (Å²) in [7, 11) is 0. The number of carbonyl (C=O) groups excluding carboxylic acids is 2. The number of pyridine rings is 2. The number of amides is 2. The lowest BCUT2D eigenvalue weighted by molar-refractivity contribution is -0.136. The van der Waals surface area contributed by atoms with Crippen LogP contribution in [0.1, 0.15) is 54.0 Å². The molecule has 4 rings (SSSR count). The van der Waals surface area contributed by atoms with E-state index in [0.717, 1.165) is 30.4 Å². The maximum Gasteiger partial charge on any atom is 0.275 e. The lowest BCUT2D eigenvalue weighted by atomic mass is 9.99. The Kier molecular flexibility index (Phi) is 6.60. The number of nitrogens with one attached hydrogen (secondary N) is 2. The smallest absolute Gasteiger partial charge is 0.275 e. The number of carbonyl (C=O) groups is 2. The molecule has 2 aromatic rings. The first kappa shape index (κ1) is 22.1. The first-order valence-electron chi connectivity index (χ1n) is 11.2. The molecule has 0 radical (unpaired) electrons. The summed E-state index contributed by atoms with van der Waals surface area (Å²) in [6.07, 6.45) is 4.08. The molecule has 2 atom stereocenters. The topological polar surface area (TPSA) is 108 Å². The molecule has 168 valence electrons. The Labute approximate surface area is 187 Å². The molecule has 2 aromatic heterocycles. The summed E-state index contributed by atoms with van der Waals surface area (Å²) in [5.41, 5.74) is 3.30. The van der Waals surface area contributed by atoms with E-state index >= 15 is 0 Å². The van der Waals surface area contributed by atoms with Crippen LogP contribution >= 0.6 is 0 Å². The van der Waals surface area contributed by atoms with E-state index < -0.39 is 0 Å². The lowest BCUT2D eigenvalue weighted by Gasteiger charge is -2.30. The Balaban J connectivity index is 1.46. The molecular weight excluding hydrogens is 406 g/mol. The minimum absolute atomic E-state index is 0.0614. The van der Waals surface area contributed by atoms with Crippen LogP contribution < -0.4 is 5.32 Å². The van der Waals surface area contributed by atoms with Crippen LogP contribution in [0.5, 0.6) is 0 Å². The van der Waals surface area contributed by atoms with Crippen molar-refractivity contribution in [3.8, 4) is 0 Å². The van der Waals surface area contributed by atoms with E-state index in [2.05, 4.69) is 15.3 Å². The second-order valence-electron chi connectivity index (χ2n) is 8.49. The zero-order chi connectivity index (χ0) is 22.7. The number of hydrogen-bond donors (Lipinski definition) is 2. The summed E-state index contributed by atoms with van der Waals surface area (Å²) in [4.78, 5) is 36.2. The summed E-state index contributed by atoms with van der Waals surface area (Å²) in [6, 6.07) is 7.03. The molecule has 0 bridgehead atoms. The Bertz CT molecular complexity index is 1030. The number of ether oxygens (including phenoxy) is 1. The van der Waals surface area contributed by atoms with E-state index in [9.17, 15) is 9.59 Å². The third kappa shape index (κ3) is 4.70. The van der Waals surface area contributed by atoms with Gasteiger partial charge in [0, 0.05) is 25.9 Å². The fourth-order valence-electron chi connectivity index (χ4n) is 4.03. The molecule has 0 saturated carbocycles. The number of fused-ring (bicyclic) bond motifs is 1. The molecule has 2 N–H and O–H groups in total.